The SMILES string of the molecule is OC1CCn2c1nc1cc(F)ccc12. The molecule has 1 aliphatic rings. The topological polar surface area (TPSA) is 38.0 Å². The number of nitrogens with zero attached hydrogens (tertiary/aromatic N) is 2. The smallest absolute Gasteiger partial charge is 0.138 e. The van der Waals surface area contributed by atoms with Crippen molar-refractivity contribution >= 4 is 11.0 Å². The van der Waals surface area contributed by atoms with Crippen LogP contribution in [-0.4, -0.2) is 14.7 Å². The van der Waals surface area contributed by atoms with Crippen LogP contribution in [0.3, 0.4) is 0 Å². The van der Waals surface area contributed by atoms with Crippen molar-refractivity contribution in [2.75, 3.05) is 0 Å². The molecule has 1 aliphatic heterocycles. The van der Waals surface area contributed by atoms with Crippen LogP contribution in [0.1, 0.15) is 18.3 Å². The third-order valence-corrected chi connectivity index (χ3v) is 2.66. The predicted octanol–water partition coefficient (Wildman–Crippen LogP) is 1.61. The number of hydrogen-bond acceptors (Lipinski definition) is 2. The van der Waals surface area contributed by atoms with E-state index in [0.717, 1.165) is 12.1 Å². The van der Waals surface area contributed by atoms with E-state index in [-0.39, 0.29) is 5.82 Å². The Morgan fingerprint density at radius 2 is 2.36 bits per heavy atom. The molecule has 14 heavy (non-hydrogen) atoms. The van der Waals surface area contributed by atoms with E-state index in [1.807, 2.05) is 4.57 Å². The standard InChI is InChI=1S/C10H9FN2O/c11-6-1-2-8-7(5-6)12-10-9(14)3-4-13(8)10/h1-2,5,9,14H,3-4H2. The average Bonchev–Trinajstić information content (AvgIpc) is 2.66. The first-order chi connectivity index (χ1) is 6.75. The molecule has 0 aliphatic carbocycles. The highest BCUT2D eigenvalue weighted by atomic mass is 19.1. The van der Waals surface area contributed by atoms with Crippen LogP contribution in [0.15, 0.2) is 18.2 Å². The van der Waals surface area contributed by atoms with Crippen LogP contribution >= 0.6 is 0 Å². The maximum atomic E-state index is 12.9. The van der Waals surface area contributed by atoms with E-state index in [9.17, 15) is 9.50 Å². The Labute approximate surface area is 79.8 Å². The quantitative estimate of drug-likeness (QED) is 0.688. The number of rotatable bonds is 0. The summed E-state index contributed by atoms with van der Waals surface area (Å²) >= 11 is 0. The molecule has 72 valence electrons. The van der Waals surface area contributed by atoms with Gasteiger partial charge in [-0.2, -0.15) is 0 Å². The van der Waals surface area contributed by atoms with E-state index < -0.39 is 6.10 Å². The van der Waals surface area contributed by atoms with Crippen LogP contribution in [-0.2, 0) is 6.54 Å². The number of aryl methyl sites for hydroxylation is 1. The van der Waals surface area contributed by atoms with Gasteiger partial charge in [0.05, 0.1) is 11.0 Å². The van der Waals surface area contributed by atoms with Gasteiger partial charge in [-0.25, -0.2) is 9.37 Å². The van der Waals surface area contributed by atoms with Gasteiger partial charge in [-0.15, -0.1) is 0 Å². The van der Waals surface area contributed by atoms with E-state index in [4.69, 9.17) is 0 Å². The Balaban J connectivity index is 2.34. The monoisotopic (exact) mass is 192 g/mol. The van der Waals surface area contributed by atoms with Crippen LogP contribution in [0.25, 0.3) is 11.0 Å². The zero-order valence-corrected chi connectivity index (χ0v) is 7.44. The molecule has 0 saturated heterocycles. The van der Waals surface area contributed by atoms with Gasteiger partial charge in [-0.3, -0.25) is 0 Å². The molecule has 1 atom stereocenters. The summed E-state index contributed by atoms with van der Waals surface area (Å²) in [5.41, 5.74) is 1.52. The fourth-order valence-corrected chi connectivity index (χ4v) is 1.99. The lowest BCUT2D eigenvalue weighted by Gasteiger charge is -1.96. The Bertz CT molecular complexity index is 506. The summed E-state index contributed by atoms with van der Waals surface area (Å²) in [6, 6.07) is 4.52. The predicted molar refractivity (Wildman–Crippen MR) is 49.3 cm³/mol. The number of halogens is 1. The molecular formula is C10H9FN2O. The molecule has 1 aromatic heterocycles. The summed E-state index contributed by atoms with van der Waals surface area (Å²) in [4.78, 5) is 4.21. The van der Waals surface area contributed by atoms with Gasteiger partial charge in [0, 0.05) is 12.6 Å². The summed E-state index contributed by atoms with van der Waals surface area (Å²) < 4.78 is 14.8. The third kappa shape index (κ3) is 0.915. The van der Waals surface area contributed by atoms with Crippen molar-refractivity contribution in [1.29, 1.82) is 0 Å². The van der Waals surface area contributed by atoms with Gasteiger partial charge < -0.3 is 9.67 Å². The van der Waals surface area contributed by atoms with Gasteiger partial charge in [0.15, 0.2) is 0 Å². The minimum Gasteiger partial charge on any atom is -0.385 e. The minimum absolute atomic E-state index is 0.288. The number of aromatic nitrogens is 2. The molecule has 4 heteroatoms. The van der Waals surface area contributed by atoms with Gasteiger partial charge in [0.2, 0.25) is 0 Å². The van der Waals surface area contributed by atoms with Crippen molar-refractivity contribution in [3.63, 3.8) is 0 Å². The van der Waals surface area contributed by atoms with Crippen molar-refractivity contribution in [3.05, 3.63) is 29.8 Å². The molecular weight excluding hydrogens is 183 g/mol. The molecule has 2 heterocycles. The van der Waals surface area contributed by atoms with E-state index in [1.165, 1.54) is 12.1 Å². The highest BCUT2D eigenvalue weighted by molar-refractivity contribution is 5.76. The molecule has 0 spiro atoms. The Hall–Kier alpha value is -1.42. The zero-order valence-electron chi connectivity index (χ0n) is 7.44. The second-order valence-electron chi connectivity index (χ2n) is 3.56. The molecule has 3 nitrogen and oxygen atoms in total. The Morgan fingerprint density at radius 1 is 1.50 bits per heavy atom. The lowest BCUT2D eigenvalue weighted by Crippen LogP contribution is -1.93. The van der Waals surface area contributed by atoms with Crippen LogP contribution in [0.5, 0.6) is 0 Å². The third-order valence-electron chi connectivity index (χ3n) is 2.66. The fourth-order valence-electron chi connectivity index (χ4n) is 1.99. The number of aliphatic hydroxyl groups is 1. The van der Waals surface area contributed by atoms with Crippen molar-refractivity contribution in [2.45, 2.75) is 19.1 Å². The minimum atomic E-state index is -0.495. The van der Waals surface area contributed by atoms with Gasteiger partial charge in [-0.05, 0) is 18.6 Å². The van der Waals surface area contributed by atoms with Crippen molar-refractivity contribution in [1.82, 2.24) is 9.55 Å². The number of benzene rings is 1. The average molecular weight is 192 g/mol. The number of imidazole rings is 1. The largest absolute Gasteiger partial charge is 0.385 e. The fraction of sp³-hybridized carbons (Fsp3) is 0.300. The Kier molecular flexibility index (Phi) is 1.44. The van der Waals surface area contributed by atoms with E-state index in [2.05, 4.69) is 4.98 Å². The van der Waals surface area contributed by atoms with Gasteiger partial charge in [0.1, 0.15) is 17.7 Å². The molecule has 2 aromatic rings. The van der Waals surface area contributed by atoms with Crippen LogP contribution < -0.4 is 0 Å². The van der Waals surface area contributed by atoms with Crippen molar-refractivity contribution in [2.24, 2.45) is 0 Å². The van der Waals surface area contributed by atoms with Crippen LogP contribution in [0, 0.1) is 5.82 Å². The van der Waals surface area contributed by atoms with Crippen LogP contribution in [0.2, 0.25) is 0 Å². The highest BCUT2D eigenvalue weighted by Gasteiger charge is 2.24. The molecule has 0 amide bonds. The normalized spacial score (nSPS) is 20.3. The molecule has 1 unspecified atom stereocenters. The molecule has 0 bridgehead atoms. The highest BCUT2D eigenvalue weighted by Crippen LogP contribution is 2.29. The van der Waals surface area contributed by atoms with Crippen molar-refractivity contribution < 1.29 is 9.50 Å². The number of fused-ring (bicyclic) bond motifs is 3. The zero-order chi connectivity index (χ0) is 9.71. The molecule has 0 radical (unpaired) electrons. The summed E-state index contributed by atoms with van der Waals surface area (Å²) in [6.45, 7) is 0.763. The van der Waals surface area contributed by atoms with E-state index >= 15 is 0 Å². The first kappa shape index (κ1) is 7.94. The summed E-state index contributed by atoms with van der Waals surface area (Å²) in [5, 5.41) is 9.57. The Morgan fingerprint density at radius 3 is 3.21 bits per heavy atom. The van der Waals surface area contributed by atoms with Gasteiger partial charge in [0.25, 0.3) is 0 Å². The molecule has 3 rings (SSSR count). The second kappa shape index (κ2) is 2.54. The first-order valence-corrected chi connectivity index (χ1v) is 4.59. The summed E-state index contributed by atoms with van der Waals surface area (Å²) in [6.07, 6.45) is 0.209. The maximum absolute atomic E-state index is 12.9. The summed E-state index contributed by atoms with van der Waals surface area (Å²) in [7, 11) is 0. The van der Waals surface area contributed by atoms with E-state index in [1.54, 1.807) is 6.07 Å². The maximum Gasteiger partial charge on any atom is 0.138 e. The van der Waals surface area contributed by atoms with Crippen LogP contribution in [0.4, 0.5) is 4.39 Å². The van der Waals surface area contributed by atoms with Gasteiger partial charge >= 0.3 is 0 Å². The molecule has 1 N–H and O–H groups in total. The second-order valence-corrected chi connectivity index (χ2v) is 3.56. The summed E-state index contributed by atoms with van der Waals surface area (Å²) in [5.74, 6) is 0.370. The number of aliphatic hydroxyl groups excluding tert-OH is 1. The first-order valence-electron chi connectivity index (χ1n) is 4.59. The lowest BCUT2D eigenvalue weighted by atomic mass is 10.3. The molecule has 0 fully saturated rings. The van der Waals surface area contributed by atoms with E-state index in [0.29, 0.717) is 17.8 Å². The molecule has 1 aromatic carbocycles. The number of hydrogen-bond donors (Lipinski definition) is 1. The molecule has 0 saturated carbocycles. The lowest BCUT2D eigenvalue weighted by molar-refractivity contribution is 0.176. The van der Waals surface area contributed by atoms with Gasteiger partial charge in [-0.1, -0.05) is 0 Å². The van der Waals surface area contributed by atoms with Crippen molar-refractivity contribution in [3.8, 4) is 0 Å².